The molecule has 1 heteroatoms. The van der Waals surface area contributed by atoms with Crippen LogP contribution in [0.1, 0.15) is 26.2 Å². The van der Waals surface area contributed by atoms with Crippen LogP contribution in [0.4, 0.5) is 4.39 Å². The van der Waals surface area contributed by atoms with Crippen molar-refractivity contribution in [2.75, 3.05) is 0 Å². The standard InChI is InChI=1S/C6H11F/c1-5-3-2-4-6(5)7/h5-6H,2-4H2,1H3/t5-,6+/m1/s1. The summed E-state index contributed by atoms with van der Waals surface area (Å²) >= 11 is 0. The number of hydrogen-bond acceptors (Lipinski definition) is 0. The van der Waals surface area contributed by atoms with Gasteiger partial charge in [-0.25, -0.2) is 4.39 Å². The second-order valence-electron chi connectivity index (χ2n) is 2.42. The zero-order valence-corrected chi connectivity index (χ0v) is 4.65. The number of hydrogen-bond donors (Lipinski definition) is 0. The van der Waals surface area contributed by atoms with Gasteiger partial charge in [-0.05, 0) is 18.8 Å². The van der Waals surface area contributed by atoms with Crippen LogP contribution in [-0.4, -0.2) is 6.17 Å². The van der Waals surface area contributed by atoms with Crippen LogP contribution in [0.15, 0.2) is 0 Å². The van der Waals surface area contributed by atoms with Crippen LogP contribution in [0.25, 0.3) is 0 Å². The Kier molecular flexibility index (Phi) is 1.31. The first-order chi connectivity index (χ1) is 3.30. The molecule has 1 saturated carbocycles. The van der Waals surface area contributed by atoms with Crippen LogP contribution in [0.5, 0.6) is 0 Å². The van der Waals surface area contributed by atoms with Gasteiger partial charge in [0.25, 0.3) is 0 Å². The molecule has 0 bridgehead atoms. The summed E-state index contributed by atoms with van der Waals surface area (Å²) in [6.07, 6.45) is 2.52. The van der Waals surface area contributed by atoms with Crippen LogP contribution in [0.3, 0.4) is 0 Å². The third kappa shape index (κ3) is 0.929. The predicted octanol–water partition coefficient (Wildman–Crippen LogP) is 2.14. The van der Waals surface area contributed by atoms with Crippen LogP contribution in [-0.2, 0) is 0 Å². The highest BCUT2D eigenvalue weighted by Crippen LogP contribution is 2.26. The van der Waals surface area contributed by atoms with Gasteiger partial charge < -0.3 is 0 Å². The Morgan fingerprint density at radius 2 is 2.14 bits per heavy atom. The molecule has 0 aromatic carbocycles. The van der Waals surface area contributed by atoms with Crippen molar-refractivity contribution < 1.29 is 4.39 Å². The van der Waals surface area contributed by atoms with Gasteiger partial charge in [0.2, 0.25) is 0 Å². The van der Waals surface area contributed by atoms with Crippen molar-refractivity contribution in [2.24, 2.45) is 5.92 Å². The summed E-state index contributed by atoms with van der Waals surface area (Å²) in [6.45, 7) is 1.98. The van der Waals surface area contributed by atoms with Crippen molar-refractivity contribution in [3.8, 4) is 0 Å². The molecule has 0 unspecified atom stereocenters. The average molecular weight is 102 g/mol. The van der Waals surface area contributed by atoms with Gasteiger partial charge in [0.05, 0.1) is 0 Å². The molecule has 0 saturated heterocycles. The molecule has 0 heterocycles. The van der Waals surface area contributed by atoms with E-state index in [4.69, 9.17) is 0 Å². The van der Waals surface area contributed by atoms with Gasteiger partial charge in [0.15, 0.2) is 0 Å². The van der Waals surface area contributed by atoms with E-state index < -0.39 is 6.17 Å². The minimum Gasteiger partial charge on any atom is -0.247 e. The number of rotatable bonds is 0. The molecule has 1 rings (SSSR count). The predicted molar refractivity (Wildman–Crippen MR) is 27.9 cm³/mol. The lowest BCUT2D eigenvalue weighted by Gasteiger charge is -2.00. The molecule has 0 aromatic rings. The highest BCUT2D eigenvalue weighted by molar-refractivity contribution is 4.72. The van der Waals surface area contributed by atoms with E-state index in [2.05, 4.69) is 0 Å². The fourth-order valence-electron chi connectivity index (χ4n) is 1.10. The van der Waals surface area contributed by atoms with E-state index in [9.17, 15) is 4.39 Å². The molecular formula is C6H11F. The SMILES string of the molecule is C[C@@H]1CCC[C@@H]1F. The highest BCUT2D eigenvalue weighted by atomic mass is 19.1. The van der Waals surface area contributed by atoms with E-state index in [1.807, 2.05) is 6.92 Å². The fourth-order valence-corrected chi connectivity index (χ4v) is 1.10. The van der Waals surface area contributed by atoms with Gasteiger partial charge in [-0.3, -0.25) is 0 Å². The summed E-state index contributed by atoms with van der Waals surface area (Å²) in [7, 11) is 0. The topological polar surface area (TPSA) is 0 Å². The summed E-state index contributed by atoms with van der Waals surface area (Å²) in [4.78, 5) is 0. The minimum atomic E-state index is -0.486. The molecule has 42 valence electrons. The van der Waals surface area contributed by atoms with Crippen molar-refractivity contribution in [3.63, 3.8) is 0 Å². The highest BCUT2D eigenvalue weighted by Gasteiger charge is 2.21. The normalized spacial score (nSPS) is 42.0. The summed E-state index contributed by atoms with van der Waals surface area (Å²) in [5.41, 5.74) is 0. The molecule has 2 atom stereocenters. The Hall–Kier alpha value is -0.0700. The zero-order valence-electron chi connectivity index (χ0n) is 4.65. The summed E-state index contributed by atoms with van der Waals surface area (Å²) in [5, 5.41) is 0. The first-order valence-electron chi connectivity index (χ1n) is 2.95. The molecule has 0 spiro atoms. The van der Waals surface area contributed by atoms with Crippen LogP contribution in [0, 0.1) is 5.92 Å². The smallest absolute Gasteiger partial charge is 0.103 e. The first kappa shape index (κ1) is 5.07. The Morgan fingerprint density at radius 1 is 1.43 bits per heavy atom. The van der Waals surface area contributed by atoms with E-state index >= 15 is 0 Å². The van der Waals surface area contributed by atoms with Gasteiger partial charge in [-0.2, -0.15) is 0 Å². The van der Waals surface area contributed by atoms with Gasteiger partial charge >= 0.3 is 0 Å². The number of halogens is 1. The van der Waals surface area contributed by atoms with E-state index in [0.29, 0.717) is 5.92 Å². The molecule has 0 amide bonds. The first-order valence-corrected chi connectivity index (χ1v) is 2.95. The van der Waals surface area contributed by atoms with Crippen LogP contribution >= 0.6 is 0 Å². The van der Waals surface area contributed by atoms with Gasteiger partial charge in [-0.1, -0.05) is 13.3 Å². The van der Waals surface area contributed by atoms with Gasteiger partial charge in [0, 0.05) is 0 Å². The maximum Gasteiger partial charge on any atom is 0.103 e. The van der Waals surface area contributed by atoms with Gasteiger partial charge in [0.1, 0.15) is 6.17 Å². The lowest BCUT2D eigenvalue weighted by molar-refractivity contribution is 0.278. The number of alkyl halides is 1. The van der Waals surface area contributed by atoms with Crippen LogP contribution in [0.2, 0.25) is 0 Å². The van der Waals surface area contributed by atoms with E-state index in [1.54, 1.807) is 0 Å². The van der Waals surface area contributed by atoms with E-state index in [-0.39, 0.29) is 0 Å². The zero-order chi connectivity index (χ0) is 5.28. The summed E-state index contributed by atoms with van der Waals surface area (Å²) < 4.78 is 12.3. The Labute approximate surface area is 43.7 Å². The fraction of sp³-hybridized carbons (Fsp3) is 1.00. The van der Waals surface area contributed by atoms with E-state index in [0.717, 1.165) is 19.3 Å². The molecule has 0 radical (unpaired) electrons. The monoisotopic (exact) mass is 102 g/mol. The quantitative estimate of drug-likeness (QED) is 0.439. The molecular weight excluding hydrogens is 91.1 g/mol. The van der Waals surface area contributed by atoms with Crippen molar-refractivity contribution in [1.82, 2.24) is 0 Å². The van der Waals surface area contributed by atoms with Crippen molar-refractivity contribution in [1.29, 1.82) is 0 Å². The van der Waals surface area contributed by atoms with Crippen molar-refractivity contribution in [3.05, 3.63) is 0 Å². The Balaban J connectivity index is 2.33. The molecule has 1 aliphatic carbocycles. The maximum atomic E-state index is 12.3. The average Bonchev–Trinajstić information content (AvgIpc) is 1.91. The van der Waals surface area contributed by atoms with Crippen molar-refractivity contribution >= 4 is 0 Å². The van der Waals surface area contributed by atoms with Crippen molar-refractivity contribution in [2.45, 2.75) is 32.4 Å². The second kappa shape index (κ2) is 1.81. The lowest BCUT2D eigenvalue weighted by atomic mass is 10.1. The summed E-state index contributed by atoms with van der Waals surface area (Å²) in [5.74, 6) is 0.347. The molecule has 1 aliphatic rings. The molecule has 0 aromatic heterocycles. The molecule has 7 heavy (non-hydrogen) atoms. The third-order valence-corrected chi connectivity index (χ3v) is 1.76. The largest absolute Gasteiger partial charge is 0.247 e. The summed E-state index contributed by atoms with van der Waals surface area (Å²) in [6, 6.07) is 0. The third-order valence-electron chi connectivity index (χ3n) is 1.76. The minimum absolute atomic E-state index is 0.347. The van der Waals surface area contributed by atoms with Crippen LogP contribution < -0.4 is 0 Å². The van der Waals surface area contributed by atoms with Gasteiger partial charge in [-0.15, -0.1) is 0 Å². The van der Waals surface area contributed by atoms with E-state index in [1.165, 1.54) is 0 Å². The maximum absolute atomic E-state index is 12.3. The molecule has 1 fully saturated rings. The molecule has 0 N–H and O–H groups in total. The lowest BCUT2D eigenvalue weighted by Crippen LogP contribution is -2.01. The Bertz CT molecular complexity index is 53.2. The second-order valence-corrected chi connectivity index (χ2v) is 2.42. The molecule has 0 aliphatic heterocycles. The molecule has 0 nitrogen and oxygen atoms in total. The Morgan fingerprint density at radius 3 is 2.29 bits per heavy atom.